The zero-order valence-corrected chi connectivity index (χ0v) is 8.39. The van der Waals surface area contributed by atoms with Gasteiger partial charge in [-0.15, -0.1) is 11.3 Å². The summed E-state index contributed by atoms with van der Waals surface area (Å²) in [6.45, 7) is 3.18. The van der Waals surface area contributed by atoms with Crippen molar-refractivity contribution in [3.8, 4) is 0 Å². The van der Waals surface area contributed by atoms with Crippen LogP contribution in [0.3, 0.4) is 0 Å². The molecule has 0 aromatic carbocycles. The van der Waals surface area contributed by atoms with Gasteiger partial charge in [0.2, 0.25) is 5.91 Å². The Morgan fingerprint density at radius 1 is 1.77 bits per heavy atom. The maximum absolute atomic E-state index is 11.2. The molecule has 0 spiro atoms. The van der Waals surface area contributed by atoms with E-state index in [0.717, 1.165) is 0 Å². The van der Waals surface area contributed by atoms with Gasteiger partial charge in [-0.1, -0.05) is 0 Å². The molecule has 0 aliphatic rings. The third-order valence-corrected chi connectivity index (χ3v) is 1.96. The van der Waals surface area contributed by atoms with Crippen LogP contribution in [0.2, 0.25) is 0 Å². The molecule has 1 amide bonds. The lowest BCUT2D eigenvalue weighted by Crippen LogP contribution is -2.27. The lowest BCUT2D eigenvalue weighted by atomic mass is 10.1. The summed E-state index contributed by atoms with van der Waals surface area (Å²) in [4.78, 5) is 15.1. The van der Waals surface area contributed by atoms with Crippen molar-refractivity contribution in [2.24, 2.45) is 0 Å². The predicted molar refractivity (Wildman–Crippen MR) is 51.7 cm³/mol. The molecule has 1 heterocycles. The molecule has 0 fully saturated rings. The van der Waals surface area contributed by atoms with Crippen LogP contribution in [0.25, 0.3) is 0 Å². The van der Waals surface area contributed by atoms with E-state index in [1.54, 1.807) is 25.4 Å². The first-order valence-corrected chi connectivity index (χ1v) is 4.77. The Labute approximate surface area is 80.6 Å². The molecule has 0 aliphatic carbocycles. The smallest absolute Gasteiger partial charge is 0.229 e. The summed E-state index contributed by atoms with van der Waals surface area (Å²) >= 11 is 1.35. The fraction of sp³-hybridized carbons (Fsp3) is 0.500. The van der Waals surface area contributed by atoms with Gasteiger partial charge in [-0.05, 0) is 13.8 Å². The van der Waals surface area contributed by atoms with Crippen LogP contribution in [0, 0.1) is 0 Å². The molecule has 0 bridgehead atoms. The van der Waals surface area contributed by atoms with Gasteiger partial charge in [0.15, 0.2) is 5.13 Å². The Hall–Kier alpha value is -0.940. The average Bonchev–Trinajstić information content (AvgIpc) is 2.34. The fourth-order valence-electron chi connectivity index (χ4n) is 0.842. The van der Waals surface area contributed by atoms with Gasteiger partial charge in [-0.3, -0.25) is 4.79 Å². The van der Waals surface area contributed by atoms with Gasteiger partial charge in [0.05, 0.1) is 12.0 Å². The number of anilines is 1. The number of aliphatic hydroxyl groups is 1. The minimum atomic E-state index is -0.971. The monoisotopic (exact) mass is 200 g/mol. The summed E-state index contributed by atoms with van der Waals surface area (Å²) in [5.74, 6) is -0.220. The second kappa shape index (κ2) is 3.85. The summed E-state index contributed by atoms with van der Waals surface area (Å²) in [7, 11) is 0. The molecule has 13 heavy (non-hydrogen) atoms. The zero-order valence-electron chi connectivity index (χ0n) is 7.57. The molecule has 0 saturated carbocycles. The van der Waals surface area contributed by atoms with E-state index in [2.05, 4.69) is 10.3 Å². The minimum Gasteiger partial charge on any atom is -0.390 e. The maximum atomic E-state index is 11.2. The first kappa shape index (κ1) is 10.1. The van der Waals surface area contributed by atoms with Crippen molar-refractivity contribution in [3.63, 3.8) is 0 Å². The van der Waals surface area contributed by atoms with Crippen LogP contribution in [-0.2, 0) is 4.79 Å². The normalized spacial score (nSPS) is 11.3. The van der Waals surface area contributed by atoms with Crippen LogP contribution in [0.1, 0.15) is 20.3 Å². The second-order valence-corrected chi connectivity index (χ2v) is 4.27. The Balaban J connectivity index is 2.43. The van der Waals surface area contributed by atoms with Crippen LogP contribution < -0.4 is 5.32 Å². The highest BCUT2D eigenvalue weighted by molar-refractivity contribution is 7.13. The van der Waals surface area contributed by atoms with E-state index in [-0.39, 0.29) is 12.3 Å². The molecule has 72 valence electrons. The lowest BCUT2D eigenvalue weighted by Gasteiger charge is -2.15. The number of aromatic nitrogens is 1. The molecule has 1 rings (SSSR count). The summed E-state index contributed by atoms with van der Waals surface area (Å²) in [6.07, 6.45) is 1.69. The van der Waals surface area contributed by atoms with E-state index in [1.165, 1.54) is 11.3 Å². The van der Waals surface area contributed by atoms with Gasteiger partial charge < -0.3 is 10.4 Å². The van der Waals surface area contributed by atoms with Crippen molar-refractivity contribution in [1.82, 2.24) is 4.98 Å². The highest BCUT2D eigenvalue weighted by Crippen LogP contribution is 2.13. The minimum absolute atomic E-state index is 0.0760. The Bertz CT molecular complexity index is 277. The topological polar surface area (TPSA) is 62.2 Å². The molecule has 5 heteroatoms. The predicted octanol–water partition coefficient (Wildman–Crippen LogP) is 1.24. The molecule has 0 aliphatic heterocycles. The molecule has 0 radical (unpaired) electrons. The molecule has 0 unspecified atom stereocenters. The highest BCUT2D eigenvalue weighted by atomic mass is 32.1. The van der Waals surface area contributed by atoms with Crippen LogP contribution in [0.5, 0.6) is 0 Å². The van der Waals surface area contributed by atoms with Crippen LogP contribution in [0.4, 0.5) is 5.13 Å². The Morgan fingerprint density at radius 3 is 2.92 bits per heavy atom. The number of nitrogens with one attached hydrogen (secondary N) is 1. The quantitative estimate of drug-likeness (QED) is 0.771. The summed E-state index contributed by atoms with van der Waals surface area (Å²) in [6, 6.07) is 0. The number of thiazole rings is 1. The molecule has 2 N–H and O–H groups in total. The van der Waals surface area contributed by atoms with E-state index in [0.29, 0.717) is 5.13 Å². The largest absolute Gasteiger partial charge is 0.390 e. The van der Waals surface area contributed by atoms with Gasteiger partial charge in [-0.2, -0.15) is 0 Å². The highest BCUT2D eigenvalue weighted by Gasteiger charge is 2.18. The molecular formula is C8H12N2O2S. The molecule has 1 aromatic rings. The van der Waals surface area contributed by atoms with Crippen LogP contribution in [-0.4, -0.2) is 21.6 Å². The van der Waals surface area contributed by atoms with Crippen molar-refractivity contribution in [3.05, 3.63) is 11.6 Å². The van der Waals surface area contributed by atoms with Crippen molar-refractivity contribution < 1.29 is 9.90 Å². The maximum Gasteiger partial charge on any atom is 0.229 e. The number of hydrogen-bond acceptors (Lipinski definition) is 4. The first-order valence-electron chi connectivity index (χ1n) is 3.89. The summed E-state index contributed by atoms with van der Waals surface area (Å²) in [5.41, 5.74) is -0.971. The van der Waals surface area contributed by atoms with Gasteiger partial charge in [0, 0.05) is 11.6 Å². The average molecular weight is 200 g/mol. The third-order valence-electron chi connectivity index (χ3n) is 1.27. The van der Waals surface area contributed by atoms with Crippen molar-refractivity contribution in [1.29, 1.82) is 0 Å². The van der Waals surface area contributed by atoms with Crippen LogP contribution >= 0.6 is 11.3 Å². The number of rotatable bonds is 3. The number of nitrogens with zero attached hydrogens (tertiary/aromatic N) is 1. The van der Waals surface area contributed by atoms with E-state index in [9.17, 15) is 9.90 Å². The number of carbonyl (C=O) groups excluding carboxylic acids is 1. The summed E-state index contributed by atoms with van der Waals surface area (Å²) < 4.78 is 0. The van der Waals surface area contributed by atoms with E-state index < -0.39 is 5.60 Å². The van der Waals surface area contributed by atoms with Gasteiger partial charge in [-0.25, -0.2) is 4.98 Å². The van der Waals surface area contributed by atoms with E-state index >= 15 is 0 Å². The standard InChI is InChI=1S/C8H12N2O2S/c1-8(2,12)5-6(11)10-7-9-3-4-13-7/h3-4,12H,5H2,1-2H3,(H,9,10,11). The zero-order chi connectivity index (χ0) is 9.90. The molecular weight excluding hydrogens is 188 g/mol. The molecule has 4 nitrogen and oxygen atoms in total. The van der Waals surface area contributed by atoms with Crippen molar-refractivity contribution in [2.75, 3.05) is 5.32 Å². The Morgan fingerprint density at radius 2 is 2.46 bits per heavy atom. The SMILES string of the molecule is CC(C)(O)CC(=O)Nc1nccs1. The second-order valence-electron chi connectivity index (χ2n) is 3.37. The van der Waals surface area contributed by atoms with Gasteiger partial charge in [0.25, 0.3) is 0 Å². The Kier molecular flexibility index (Phi) is 3.00. The summed E-state index contributed by atoms with van der Waals surface area (Å²) in [5, 5.41) is 14.3. The van der Waals surface area contributed by atoms with Crippen molar-refractivity contribution >= 4 is 22.4 Å². The van der Waals surface area contributed by atoms with Crippen molar-refractivity contribution in [2.45, 2.75) is 25.9 Å². The number of amides is 1. The molecule has 0 atom stereocenters. The van der Waals surface area contributed by atoms with E-state index in [4.69, 9.17) is 0 Å². The van der Waals surface area contributed by atoms with Gasteiger partial charge in [0.1, 0.15) is 0 Å². The molecule has 1 aromatic heterocycles. The third kappa shape index (κ3) is 4.00. The number of hydrogen-bond donors (Lipinski definition) is 2. The fourth-order valence-corrected chi connectivity index (χ4v) is 1.39. The number of carbonyl (C=O) groups is 1. The van der Waals surface area contributed by atoms with Gasteiger partial charge >= 0.3 is 0 Å². The lowest BCUT2D eigenvalue weighted by molar-refractivity contribution is -0.119. The first-order chi connectivity index (χ1) is 5.97. The van der Waals surface area contributed by atoms with E-state index in [1.807, 2.05) is 0 Å². The molecule has 0 saturated heterocycles. The van der Waals surface area contributed by atoms with Crippen LogP contribution in [0.15, 0.2) is 11.6 Å².